The van der Waals surface area contributed by atoms with Crippen molar-refractivity contribution in [1.29, 1.82) is 0 Å². The van der Waals surface area contributed by atoms with Crippen LogP contribution < -0.4 is 11.1 Å². The summed E-state index contributed by atoms with van der Waals surface area (Å²) in [5.41, 5.74) is 6.98. The maximum Gasteiger partial charge on any atom is 0.236 e. The van der Waals surface area contributed by atoms with E-state index in [9.17, 15) is 9.90 Å². The predicted octanol–water partition coefficient (Wildman–Crippen LogP) is 1.74. The molecule has 0 spiro atoms. The summed E-state index contributed by atoms with van der Waals surface area (Å²) in [6, 6.07) is 9.48. The van der Waals surface area contributed by atoms with Crippen LogP contribution in [0.3, 0.4) is 0 Å². The zero-order valence-electron chi connectivity index (χ0n) is 12.8. The monoisotopic (exact) mass is 310 g/mol. The molecule has 0 saturated heterocycles. The van der Waals surface area contributed by atoms with E-state index < -0.39 is 12.1 Å². The van der Waals surface area contributed by atoms with E-state index in [1.807, 2.05) is 36.6 Å². The number of rotatable bonds is 9. The molecule has 21 heavy (non-hydrogen) atoms. The highest BCUT2D eigenvalue weighted by atomic mass is 32.2. The molecule has 4 N–H and O–H groups in total. The van der Waals surface area contributed by atoms with Gasteiger partial charge >= 0.3 is 0 Å². The van der Waals surface area contributed by atoms with Crippen LogP contribution in [0, 0.1) is 0 Å². The summed E-state index contributed by atoms with van der Waals surface area (Å²) in [6.45, 7) is 2.27. The van der Waals surface area contributed by atoms with Gasteiger partial charge in [-0.05, 0) is 37.3 Å². The molecule has 1 aromatic carbocycles. The Morgan fingerprint density at radius 1 is 1.38 bits per heavy atom. The van der Waals surface area contributed by atoms with Gasteiger partial charge in [-0.1, -0.05) is 30.3 Å². The molecule has 0 aromatic heterocycles. The average Bonchev–Trinajstić information content (AvgIpc) is 2.49. The van der Waals surface area contributed by atoms with Crippen LogP contribution in [0.15, 0.2) is 30.3 Å². The van der Waals surface area contributed by atoms with Gasteiger partial charge in [0.1, 0.15) is 0 Å². The summed E-state index contributed by atoms with van der Waals surface area (Å²) in [5, 5.41) is 12.5. The number of hydrogen-bond acceptors (Lipinski definition) is 4. The molecule has 118 valence electrons. The fraction of sp³-hybridized carbons (Fsp3) is 0.562. The molecule has 2 unspecified atom stereocenters. The molecule has 1 aromatic rings. The number of hydrogen-bond donors (Lipinski definition) is 3. The largest absolute Gasteiger partial charge is 0.393 e. The van der Waals surface area contributed by atoms with Gasteiger partial charge in [-0.25, -0.2) is 0 Å². The van der Waals surface area contributed by atoms with Gasteiger partial charge in [0.2, 0.25) is 5.91 Å². The van der Waals surface area contributed by atoms with Gasteiger partial charge in [-0.3, -0.25) is 4.79 Å². The average molecular weight is 310 g/mol. The first kappa shape index (κ1) is 18.0. The Morgan fingerprint density at radius 2 is 2.05 bits per heavy atom. The number of aliphatic hydroxyl groups excluding tert-OH is 1. The molecule has 5 heteroatoms. The van der Waals surface area contributed by atoms with Crippen LogP contribution in [-0.2, 0) is 4.79 Å². The lowest BCUT2D eigenvalue weighted by atomic mass is 9.93. The molecule has 0 aliphatic carbocycles. The van der Waals surface area contributed by atoms with Crippen LogP contribution >= 0.6 is 11.8 Å². The number of amides is 1. The molecular weight excluding hydrogens is 284 g/mol. The number of thioether (sulfide) groups is 1. The SMILES string of the molecule is CSCC[C@H](N)C(=O)NCC(CC(C)O)c1ccccc1. The fourth-order valence-electron chi connectivity index (χ4n) is 2.21. The second kappa shape index (κ2) is 9.82. The Labute approximate surface area is 131 Å². The van der Waals surface area contributed by atoms with Crippen molar-refractivity contribution in [1.82, 2.24) is 5.32 Å². The van der Waals surface area contributed by atoms with Crippen molar-refractivity contribution in [3.8, 4) is 0 Å². The van der Waals surface area contributed by atoms with Crippen LogP contribution in [-0.4, -0.2) is 41.7 Å². The van der Waals surface area contributed by atoms with Gasteiger partial charge in [0.05, 0.1) is 12.1 Å². The van der Waals surface area contributed by atoms with E-state index in [0.29, 0.717) is 19.4 Å². The second-order valence-electron chi connectivity index (χ2n) is 5.33. The number of benzene rings is 1. The summed E-state index contributed by atoms with van der Waals surface area (Å²) in [7, 11) is 0. The van der Waals surface area contributed by atoms with Crippen LogP contribution in [0.4, 0.5) is 0 Å². The maximum absolute atomic E-state index is 12.0. The van der Waals surface area contributed by atoms with Crippen molar-refractivity contribution in [2.24, 2.45) is 5.73 Å². The lowest BCUT2D eigenvalue weighted by molar-refractivity contribution is -0.122. The highest BCUT2D eigenvalue weighted by molar-refractivity contribution is 7.98. The zero-order valence-corrected chi connectivity index (χ0v) is 13.6. The highest BCUT2D eigenvalue weighted by Gasteiger charge is 2.18. The van der Waals surface area contributed by atoms with Crippen molar-refractivity contribution in [2.75, 3.05) is 18.6 Å². The molecule has 1 amide bonds. The minimum atomic E-state index is -0.458. The molecule has 0 radical (unpaired) electrons. The van der Waals surface area contributed by atoms with Gasteiger partial charge in [-0.15, -0.1) is 0 Å². The molecule has 0 heterocycles. The quantitative estimate of drug-likeness (QED) is 0.649. The fourth-order valence-corrected chi connectivity index (χ4v) is 2.69. The lowest BCUT2D eigenvalue weighted by Gasteiger charge is -2.21. The van der Waals surface area contributed by atoms with E-state index in [0.717, 1.165) is 11.3 Å². The number of nitrogens with two attached hydrogens (primary N) is 1. The minimum absolute atomic E-state index is 0.0999. The minimum Gasteiger partial charge on any atom is -0.393 e. The molecule has 1 rings (SSSR count). The van der Waals surface area contributed by atoms with Crippen molar-refractivity contribution in [3.05, 3.63) is 35.9 Å². The van der Waals surface area contributed by atoms with Crippen LogP contribution in [0.25, 0.3) is 0 Å². The third-order valence-corrected chi connectivity index (χ3v) is 4.03. The summed E-state index contributed by atoms with van der Waals surface area (Å²) in [4.78, 5) is 12.0. The van der Waals surface area contributed by atoms with Gasteiger partial charge in [0.25, 0.3) is 0 Å². The lowest BCUT2D eigenvalue weighted by Crippen LogP contribution is -2.42. The Kier molecular flexibility index (Phi) is 8.42. The molecule has 0 bridgehead atoms. The number of aliphatic hydroxyl groups is 1. The van der Waals surface area contributed by atoms with E-state index in [-0.39, 0.29) is 11.8 Å². The van der Waals surface area contributed by atoms with Crippen LogP contribution in [0.5, 0.6) is 0 Å². The van der Waals surface area contributed by atoms with E-state index in [1.165, 1.54) is 0 Å². The summed E-state index contributed by atoms with van der Waals surface area (Å²) in [5.74, 6) is 0.864. The first-order valence-corrected chi connectivity index (χ1v) is 8.69. The molecule has 0 fully saturated rings. The molecule has 0 aliphatic rings. The van der Waals surface area contributed by atoms with Crippen molar-refractivity contribution in [3.63, 3.8) is 0 Å². The van der Waals surface area contributed by atoms with Crippen molar-refractivity contribution in [2.45, 2.75) is 37.8 Å². The van der Waals surface area contributed by atoms with E-state index >= 15 is 0 Å². The third-order valence-electron chi connectivity index (χ3n) is 3.39. The molecule has 3 atom stereocenters. The van der Waals surface area contributed by atoms with Gasteiger partial charge in [-0.2, -0.15) is 11.8 Å². The van der Waals surface area contributed by atoms with Gasteiger partial charge < -0.3 is 16.2 Å². The van der Waals surface area contributed by atoms with Crippen molar-refractivity contribution >= 4 is 17.7 Å². The molecule has 4 nitrogen and oxygen atoms in total. The molecular formula is C16H26N2O2S. The third kappa shape index (κ3) is 6.98. The van der Waals surface area contributed by atoms with E-state index in [1.54, 1.807) is 18.7 Å². The zero-order chi connectivity index (χ0) is 15.7. The number of carbonyl (C=O) groups is 1. The standard InChI is InChI=1S/C16H26N2O2S/c1-12(19)10-14(13-6-4-3-5-7-13)11-18-16(20)15(17)8-9-21-2/h3-7,12,14-15,19H,8-11,17H2,1-2H3,(H,18,20)/t12?,14?,15-/m0/s1. The summed E-state index contributed by atoms with van der Waals surface area (Å²) in [6.07, 6.45) is 2.89. The Bertz CT molecular complexity index is 412. The number of carbonyl (C=O) groups excluding carboxylic acids is 1. The first-order valence-electron chi connectivity index (χ1n) is 7.29. The normalized spacial score (nSPS) is 15.2. The van der Waals surface area contributed by atoms with Gasteiger partial charge in [0.15, 0.2) is 0 Å². The van der Waals surface area contributed by atoms with Crippen molar-refractivity contribution < 1.29 is 9.90 Å². The summed E-state index contributed by atoms with van der Waals surface area (Å²) < 4.78 is 0. The smallest absolute Gasteiger partial charge is 0.236 e. The molecule has 0 aliphatic heterocycles. The van der Waals surface area contributed by atoms with Gasteiger partial charge in [0, 0.05) is 12.5 Å². The van der Waals surface area contributed by atoms with Crippen LogP contribution in [0.2, 0.25) is 0 Å². The molecule has 0 saturated carbocycles. The van der Waals surface area contributed by atoms with Crippen LogP contribution in [0.1, 0.15) is 31.2 Å². The summed E-state index contributed by atoms with van der Waals surface area (Å²) >= 11 is 1.68. The predicted molar refractivity (Wildman–Crippen MR) is 89.5 cm³/mol. The van der Waals surface area contributed by atoms with E-state index in [4.69, 9.17) is 5.73 Å². The Morgan fingerprint density at radius 3 is 2.62 bits per heavy atom. The maximum atomic E-state index is 12.0. The first-order chi connectivity index (χ1) is 10.0. The number of nitrogens with one attached hydrogen (secondary N) is 1. The van der Waals surface area contributed by atoms with E-state index in [2.05, 4.69) is 5.32 Å². The Hall–Kier alpha value is -1.04. The Balaban J connectivity index is 2.56. The topological polar surface area (TPSA) is 75.4 Å². The highest BCUT2D eigenvalue weighted by Crippen LogP contribution is 2.20. The second-order valence-corrected chi connectivity index (χ2v) is 6.31.